The molecular formula is C15H12N2O8. The maximum atomic E-state index is 12.1. The molecule has 1 aliphatic carbocycles. The van der Waals surface area contributed by atoms with E-state index in [1.807, 2.05) is 0 Å². The molecule has 2 N–H and O–H groups in total. The van der Waals surface area contributed by atoms with Crippen molar-refractivity contribution in [3.05, 3.63) is 67.8 Å². The molecular weight excluding hydrogens is 336 g/mol. The van der Waals surface area contributed by atoms with Crippen molar-refractivity contribution in [1.82, 2.24) is 0 Å². The van der Waals surface area contributed by atoms with Gasteiger partial charge in [-0.1, -0.05) is 25.2 Å². The van der Waals surface area contributed by atoms with Crippen LogP contribution < -0.4 is 0 Å². The smallest absolute Gasteiger partial charge is 0.331 e. The van der Waals surface area contributed by atoms with E-state index in [9.17, 15) is 40.0 Å². The highest BCUT2D eigenvalue weighted by molar-refractivity contribution is 5.95. The van der Waals surface area contributed by atoms with Crippen LogP contribution in [-0.4, -0.2) is 32.0 Å². The van der Waals surface area contributed by atoms with Crippen LogP contribution in [0, 0.1) is 26.1 Å². The molecule has 0 radical (unpaired) electrons. The molecule has 0 aliphatic heterocycles. The van der Waals surface area contributed by atoms with Gasteiger partial charge in [0.2, 0.25) is 0 Å². The largest absolute Gasteiger partial charge is 0.480 e. The van der Waals surface area contributed by atoms with Gasteiger partial charge in [0.15, 0.2) is 0 Å². The van der Waals surface area contributed by atoms with E-state index in [1.54, 1.807) is 0 Å². The molecule has 130 valence electrons. The van der Waals surface area contributed by atoms with Gasteiger partial charge in [-0.05, 0) is 6.07 Å². The van der Waals surface area contributed by atoms with Crippen molar-refractivity contribution in [2.75, 3.05) is 0 Å². The van der Waals surface area contributed by atoms with E-state index in [-0.39, 0.29) is 5.57 Å². The van der Waals surface area contributed by atoms with Gasteiger partial charge in [0, 0.05) is 23.6 Å². The molecule has 25 heavy (non-hydrogen) atoms. The van der Waals surface area contributed by atoms with Gasteiger partial charge >= 0.3 is 11.9 Å². The highest BCUT2D eigenvalue weighted by atomic mass is 16.6. The van der Waals surface area contributed by atoms with Crippen LogP contribution in [0.15, 0.2) is 42.0 Å². The number of allylic oxidation sites excluding steroid dienone is 2. The van der Waals surface area contributed by atoms with Crippen molar-refractivity contribution in [2.24, 2.45) is 5.92 Å². The molecule has 1 aromatic rings. The van der Waals surface area contributed by atoms with Crippen LogP contribution in [0.4, 0.5) is 11.4 Å². The molecule has 0 spiro atoms. The minimum Gasteiger partial charge on any atom is -0.480 e. The molecule has 0 saturated carbocycles. The lowest BCUT2D eigenvalue weighted by atomic mass is 9.65. The van der Waals surface area contributed by atoms with E-state index in [2.05, 4.69) is 0 Å². The average Bonchev–Trinajstić information content (AvgIpc) is 2.53. The average molecular weight is 348 g/mol. The van der Waals surface area contributed by atoms with Crippen LogP contribution in [0.2, 0.25) is 0 Å². The third kappa shape index (κ3) is 2.63. The Kier molecular flexibility index (Phi) is 4.38. The standard InChI is InChI=1S/C15H12N2O8/c1-8-9(13(18)19)4-3-7-15(8,14(20)21)12-10(16(22)23)5-2-6-11(12)17(24)25/h2-8H,1H3,(H,18,19)(H,20,21). The molecule has 0 aromatic heterocycles. The van der Waals surface area contributed by atoms with Gasteiger partial charge in [0.25, 0.3) is 11.4 Å². The Balaban J connectivity index is 2.93. The van der Waals surface area contributed by atoms with Gasteiger partial charge in [-0.2, -0.15) is 0 Å². The lowest BCUT2D eigenvalue weighted by molar-refractivity contribution is -0.396. The molecule has 0 saturated heterocycles. The fraction of sp³-hybridized carbons (Fsp3) is 0.200. The van der Waals surface area contributed by atoms with Gasteiger partial charge in [-0.25, -0.2) is 4.79 Å². The number of hydrogen-bond acceptors (Lipinski definition) is 6. The van der Waals surface area contributed by atoms with Crippen molar-refractivity contribution < 1.29 is 29.6 Å². The number of nitro benzene ring substituents is 2. The minimum absolute atomic E-state index is 0.322. The molecule has 1 aliphatic rings. The van der Waals surface area contributed by atoms with Crippen molar-refractivity contribution >= 4 is 23.3 Å². The highest BCUT2D eigenvalue weighted by Gasteiger charge is 2.54. The van der Waals surface area contributed by atoms with Crippen LogP contribution in [0.25, 0.3) is 0 Å². The number of carboxylic acid groups (broad SMARTS) is 2. The summed E-state index contributed by atoms with van der Waals surface area (Å²) in [6, 6.07) is 2.97. The SMILES string of the molecule is CC1C(C(=O)O)=CC=CC1(C(=O)O)c1c([N+](=O)[O-])cccc1[N+](=O)[O-]. The van der Waals surface area contributed by atoms with Crippen molar-refractivity contribution in [3.8, 4) is 0 Å². The summed E-state index contributed by atoms with van der Waals surface area (Å²) in [6.45, 7) is 1.25. The molecule has 0 fully saturated rings. The van der Waals surface area contributed by atoms with Crippen LogP contribution in [0.3, 0.4) is 0 Å². The molecule has 0 amide bonds. The second-order valence-corrected chi connectivity index (χ2v) is 5.37. The first kappa shape index (κ1) is 17.8. The van der Waals surface area contributed by atoms with Gasteiger partial charge in [-0.3, -0.25) is 25.0 Å². The summed E-state index contributed by atoms with van der Waals surface area (Å²) < 4.78 is 0. The van der Waals surface area contributed by atoms with Crippen LogP contribution in [-0.2, 0) is 15.0 Å². The third-order valence-corrected chi connectivity index (χ3v) is 4.21. The predicted molar refractivity (Wildman–Crippen MR) is 83.1 cm³/mol. The quantitative estimate of drug-likeness (QED) is 0.603. The Morgan fingerprint density at radius 3 is 2.04 bits per heavy atom. The monoisotopic (exact) mass is 348 g/mol. The Morgan fingerprint density at radius 1 is 1.12 bits per heavy atom. The second-order valence-electron chi connectivity index (χ2n) is 5.37. The normalized spacial score (nSPS) is 22.1. The highest BCUT2D eigenvalue weighted by Crippen LogP contribution is 2.48. The lowest BCUT2D eigenvalue weighted by Gasteiger charge is -2.34. The minimum atomic E-state index is -2.27. The van der Waals surface area contributed by atoms with Crippen molar-refractivity contribution in [2.45, 2.75) is 12.3 Å². The molecule has 10 nitrogen and oxygen atoms in total. The van der Waals surface area contributed by atoms with E-state index in [1.165, 1.54) is 6.92 Å². The Bertz CT molecular complexity index is 825. The number of carbonyl (C=O) groups is 2. The van der Waals surface area contributed by atoms with Gasteiger partial charge in [-0.15, -0.1) is 0 Å². The Labute approximate surface area is 140 Å². The molecule has 10 heteroatoms. The predicted octanol–water partition coefficient (Wildman–Crippen LogP) is 2.04. The Hall–Kier alpha value is -3.56. The van der Waals surface area contributed by atoms with Gasteiger partial charge < -0.3 is 10.2 Å². The van der Waals surface area contributed by atoms with Crippen molar-refractivity contribution in [3.63, 3.8) is 0 Å². The van der Waals surface area contributed by atoms with E-state index in [4.69, 9.17) is 0 Å². The number of nitrogens with zero attached hydrogens (tertiary/aromatic N) is 2. The third-order valence-electron chi connectivity index (χ3n) is 4.21. The van der Waals surface area contributed by atoms with Gasteiger partial charge in [0.1, 0.15) is 11.0 Å². The zero-order valence-corrected chi connectivity index (χ0v) is 12.8. The number of rotatable bonds is 5. The van der Waals surface area contributed by atoms with E-state index < -0.39 is 50.1 Å². The number of carboxylic acids is 2. The summed E-state index contributed by atoms with van der Waals surface area (Å²) in [5.41, 5.74) is -4.78. The zero-order chi connectivity index (χ0) is 18.9. The first-order valence-corrected chi connectivity index (χ1v) is 6.93. The first-order chi connectivity index (χ1) is 11.6. The van der Waals surface area contributed by atoms with Crippen molar-refractivity contribution in [1.29, 1.82) is 0 Å². The molecule has 2 unspecified atom stereocenters. The fourth-order valence-electron chi connectivity index (χ4n) is 3.01. The van der Waals surface area contributed by atoms with Crippen LogP contribution in [0.5, 0.6) is 0 Å². The molecule has 2 rings (SSSR count). The fourth-order valence-corrected chi connectivity index (χ4v) is 3.01. The summed E-state index contributed by atoms with van der Waals surface area (Å²) in [4.78, 5) is 44.3. The number of aliphatic carboxylic acids is 2. The number of benzene rings is 1. The van der Waals surface area contributed by atoms with Crippen LogP contribution in [0.1, 0.15) is 12.5 Å². The number of hydrogen-bond donors (Lipinski definition) is 2. The molecule has 0 bridgehead atoms. The topological polar surface area (TPSA) is 161 Å². The van der Waals surface area contributed by atoms with E-state index in [0.717, 1.165) is 36.4 Å². The lowest BCUT2D eigenvalue weighted by Crippen LogP contribution is -2.44. The summed E-state index contributed by atoms with van der Waals surface area (Å²) in [7, 11) is 0. The molecule has 0 heterocycles. The van der Waals surface area contributed by atoms with Crippen LogP contribution >= 0.6 is 0 Å². The maximum Gasteiger partial charge on any atom is 0.331 e. The van der Waals surface area contributed by atoms with Gasteiger partial charge in [0.05, 0.1) is 9.85 Å². The van der Waals surface area contributed by atoms with E-state index in [0.29, 0.717) is 0 Å². The number of nitro groups is 2. The first-order valence-electron chi connectivity index (χ1n) is 6.93. The van der Waals surface area contributed by atoms with E-state index >= 15 is 0 Å². The molecule has 1 aromatic carbocycles. The summed E-state index contributed by atoms with van der Waals surface area (Å²) >= 11 is 0. The summed E-state index contributed by atoms with van der Waals surface area (Å²) in [5, 5.41) is 41.8. The maximum absolute atomic E-state index is 12.1. The molecule has 2 atom stereocenters. The Morgan fingerprint density at radius 2 is 1.64 bits per heavy atom. The second kappa shape index (κ2) is 6.15. The summed E-state index contributed by atoms with van der Waals surface area (Å²) in [6.07, 6.45) is 3.33. The summed E-state index contributed by atoms with van der Waals surface area (Å²) in [5.74, 6) is -4.32. The zero-order valence-electron chi connectivity index (χ0n) is 12.8.